The van der Waals surface area contributed by atoms with Crippen molar-refractivity contribution in [2.75, 3.05) is 12.4 Å². The molecule has 1 aliphatic carbocycles. The zero-order valence-corrected chi connectivity index (χ0v) is 9.72. The third-order valence-corrected chi connectivity index (χ3v) is 4.41. The Morgan fingerprint density at radius 3 is 2.87 bits per heavy atom. The van der Waals surface area contributed by atoms with E-state index >= 15 is 0 Å². The molecule has 3 N–H and O–H groups in total. The fourth-order valence-electron chi connectivity index (χ4n) is 1.69. The molecule has 0 aromatic carbocycles. The minimum atomic E-state index is -0.408. The molecule has 3 nitrogen and oxygen atoms in total. The molecule has 1 aromatic rings. The molecule has 0 spiro atoms. The number of rotatable bonds is 5. The van der Waals surface area contributed by atoms with Crippen LogP contribution in [0.5, 0.6) is 0 Å². The molecule has 84 valence electrons. The topological polar surface area (TPSA) is 59.4 Å². The third-order valence-electron chi connectivity index (χ3n) is 2.99. The predicted molar refractivity (Wildman–Crippen MR) is 60.9 cm³/mol. The van der Waals surface area contributed by atoms with Gasteiger partial charge in [-0.1, -0.05) is 0 Å². The zero-order valence-electron chi connectivity index (χ0n) is 8.90. The summed E-state index contributed by atoms with van der Waals surface area (Å²) >= 11 is 1.67. The summed E-state index contributed by atoms with van der Waals surface area (Å²) in [6, 6.07) is 1.95. The lowest BCUT2D eigenvalue weighted by molar-refractivity contribution is 0.194. The maximum atomic E-state index is 9.33. The molecule has 15 heavy (non-hydrogen) atoms. The summed E-state index contributed by atoms with van der Waals surface area (Å²) in [4.78, 5) is 1.12. The maximum Gasteiger partial charge on any atom is 0.114 e. The van der Waals surface area contributed by atoms with Crippen LogP contribution in [0.3, 0.4) is 0 Å². The summed E-state index contributed by atoms with van der Waals surface area (Å²) in [7, 11) is 0. The Bertz CT molecular complexity index is 335. The first-order valence-electron chi connectivity index (χ1n) is 5.22. The summed E-state index contributed by atoms with van der Waals surface area (Å²) in [6.45, 7) is 2.01. The average Bonchev–Trinajstić information content (AvgIpc) is 3.01. The Morgan fingerprint density at radius 1 is 1.67 bits per heavy atom. The lowest BCUT2D eigenvalue weighted by Gasteiger charge is -2.26. The molecule has 1 aliphatic rings. The molecule has 1 atom stereocenters. The highest BCUT2D eigenvalue weighted by Gasteiger charge is 2.41. The molecular weight excluding hydrogens is 210 g/mol. The van der Waals surface area contributed by atoms with Crippen LogP contribution in [0.15, 0.2) is 21.6 Å². The maximum absolute atomic E-state index is 9.33. The Kier molecular flexibility index (Phi) is 3.09. The van der Waals surface area contributed by atoms with Crippen molar-refractivity contribution in [3.05, 3.63) is 18.1 Å². The molecule has 0 amide bonds. The highest BCUT2D eigenvalue weighted by atomic mass is 32.2. The number of hydrogen-bond acceptors (Lipinski definition) is 4. The van der Waals surface area contributed by atoms with Crippen LogP contribution >= 0.6 is 11.8 Å². The van der Waals surface area contributed by atoms with Gasteiger partial charge in [-0.2, -0.15) is 0 Å². The number of aliphatic hydroxyl groups is 1. The van der Waals surface area contributed by atoms with Crippen molar-refractivity contribution < 1.29 is 9.52 Å². The molecule has 1 saturated carbocycles. The van der Waals surface area contributed by atoms with Gasteiger partial charge in [0.15, 0.2) is 0 Å². The van der Waals surface area contributed by atoms with Crippen molar-refractivity contribution >= 4 is 11.8 Å². The first-order valence-corrected chi connectivity index (χ1v) is 6.21. The Morgan fingerprint density at radius 2 is 2.40 bits per heavy atom. The van der Waals surface area contributed by atoms with E-state index in [0.717, 1.165) is 29.3 Å². The van der Waals surface area contributed by atoms with Crippen molar-refractivity contribution in [3.63, 3.8) is 0 Å². The van der Waals surface area contributed by atoms with E-state index in [0.29, 0.717) is 5.92 Å². The van der Waals surface area contributed by atoms with E-state index in [-0.39, 0.29) is 6.61 Å². The number of thioether (sulfide) groups is 1. The van der Waals surface area contributed by atoms with Crippen molar-refractivity contribution in [1.82, 2.24) is 0 Å². The van der Waals surface area contributed by atoms with Crippen LogP contribution in [0.25, 0.3) is 0 Å². The summed E-state index contributed by atoms with van der Waals surface area (Å²) in [5.74, 6) is 2.19. The second kappa shape index (κ2) is 4.20. The number of furan rings is 1. The normalized spacial score (nSPS) is 20.2. The van der Waals surface area contributed by atoms with E-state index in [1.54, 1.807) is 18.0 Å². The minimum absolute atomic E-state index is 0.0710. The molecule has 1 aromatic heterocycles. The quantitative estimate of drug-likeness (QED) is 0.753. The van der Waals surface area contributed by atoms with Gasteiger partial charge in [-0.05, 0) is 31.7 Å². The van der Waals surface area contributed by atoms with Gasteiger partial charge in [0.1, 0.15) is 5.76 Å². The van der Waals surface area contributed by atoms with Gasteiger partial charge in [0.25, 0.3) is 0 Å². The highest BCUT2D eigenvalue weighted by Crippen LogP contribution is 2.41. The molecule has 0 radical (unpaired) electrons. The molecule has 4 heteroatoms. The number of hydrogen-bond donors (Lipinski definition) is 2. The van der Waals surface area contributed by atoms with Crippen LogP contribution < -0.4 is 5.73 Å². The molecule has 0 saturated heterocycles. The fourth-order valence-corrected chi connectivity index (χ4v) is 2.84. The monoisotopic (exact) mass is 227 g/mol. The molecule has 0 aliphatic heterocycles. The first kappa shape index (κ1) is 11.0. The van der Waals surface area contributed by atoms with Crippen LogP contribution in [0, 0.1) is 12.8 Å². The van der Waals surface area contributed by atoms with Crippen LogP contribution in [0.2, 0.25) is 0 Å². The standard InChI is InChI=1S/C11H17NO2S/c1-8-10(4-5-14-8)15-7-11(12,6-13)9-2-3-9/h4-5,9,13H,2-3,6-7,12H2,1H3. The van der Waals surface area contributed by atoms with E-state index in [1.807, 2.05) is 13.0 Å². The third kappa shape index (κ3) is 2.38. The van der Waals surface area contributed by atoms with Crippen molar-refractivity contribution in [1.29, 1.82) is 0 Å². The van der Waals surface area contributed by atoms with Crippen LogP contribution in [0.4, 0.5) is 0 Å². The second-order valence-corrected chi connectivity index (χ2v) is 5.31. The van der Waals surface area contributed by atoms with Gasteiger partial charge in [0.05, 0.1) is 18.4 Å². The van der Waals surface area contributed by atoms with Gasteiger partial charge in [-0.25, -0.2) is 0 Å². The van der Waals surface area contributed by atoms with Gasteiger partial charge < -0.3 is 15.3 Å². The van der Waals surface area contributed by atoms with Gasteiger partial charge in [0.2, 0.25) is 0 Å². The molecule has 2 rings (SSSR count). The smallest absolute Gasteiger partial charge is 0.114 e. The van der Waals surface area contributed by atoms with E-state index < -0.39 is 5.54 Å². The zero-order chi connectivity index (χ0) is 10.9. The van der Waals surface area contributed by atoms with Gasteiger partial charge in [-0.3, -0.25) is 0 Å². The van der Waals surface area contributed by atoms with Gasteiger partial charge >= 0.3 is 0 Å². The molecule has 1 unspecified atom stereocenters. The first-order chi connectivity index (χ1) is 7.15. The van der Waals surface area contributed by atoms with Gasteiger partial charge in [0, 0.05) is 10.6 Å². The minimum Gasteiger partial charge on any atom is -0.468 e. The second-order valence-electron chi connectivity index (χ2n) is 4.30. The Balaban J connectivity index is 1.94. The Hall–Kier alpha value is -0.450. The number of aliphatic hydroxyl groups excluding tert-OH is 1. The van der Waals surface area contributed by atoms with E-state index in [4.69, 9.17) is 10.2 Å². The average molecular weight is 227 g/mol. The summed E-state index contributed by atoms with van der Waals surface area (Å²) in [5.41, 5.74) is 5.76. The molecular formula is C11H17NO2S. The van der Waals surface area contributed by atoms with E-state index in [2.05, 4.69) is 0 Å². The summed E-state index contributed by atoms with van der Waals surface area (Å²) in [6.07, 6.45) is 4.00. The van der Waals surface area contributed by atoms with Crippen molar-refractivity contribution in [2.45, 2.75) is 30.2 Å². The van der Waals surface area contributed by atoms with E-state index in [1.165, 1.54) is 0 Å². The van der Waals surface area contributed by atoms with Crippen LogP contribution in [-0.4, -0.2) is 23.0 Å². The lowest BCUT2D eigenvalue weighted by atomic mass is 9.99. The summed E-state index contributed by atoms with van der Waals surface area (Å²) < 4.78 is 5.22. The van der Waals surface area contributed by atoms with Crippen molar-refractivity contribution in [2.24, 2.45) is 11.7 Å². The highest BCUT2D eigenvalue weighted by molar-refractivity contribution is 7.99. The predicted octanol–water partition coefficient (Wildman–Crippen LogP) is 1.78. The van der Waals surface area contributed by atoms with Crippen molar-refractivity contribution in [3.8, 4) is 0 Å². The molecule has 0 bridgehead atoms. The largest absolute Gasteiger partial charge is 0.468 e. The summed E-state index contributed by atoms with van der Waals surface area (Å²) in [5, 5.41) is 9.33. The fraction of sp³-hybridized carbons (Fsp3) is 0.636. The lowest BCUT2D eigenvalue weighted by Crippen LogP contribution is -2.48. The van der Waals surface area contributed by atoms with Crippen LogP contribution in [-0.2, 0) is 0 Å². The number of aryl methyl sites for hydroxylation is 1. The van der Waals surface area contributed by atoms with E-state index in [9.17, 15) is 5.11 Å². The number of nitrogens with two attached hydrogens (primary N) is 1. The van der Waals surface area contributed by atoms with Gasteiger partial charge in [-0.15, -0.1) is 11.8 Å². The van der Waals surface area contributed by atoms with Crippen LogP contribution in [0.1, 0.15) is 18.6 Å². The molecule has 1 heterocycles. The SMILES string of the molecule is Cc1occc1SCC(N)(CO)C1CC1. The Labute approximate surface area is 94.0 Å². The molecule has 1 fully saturated rings.